The standard InChI is InChI=1S/C34H50N2O/c1-6-10-27(25-37-31-13-8-11-30(24-31)32(7-2)28-16-17-28)19-22-36-33-23-26(18-21-35)14-15-29(33)12-9-20-34(3,4)5/h8,11,13-15,23-24,27-28,32,36H,6-7,9-10,12,16-20,22,25H2,1-5H3. The lowest BCUT2D eigenvalue weighted by Crippen LogP contribution is -2.17. The zero-order valence-electron chi connectivity index (χ0n) is 24.1. The van der Waals surface area contributed by atoms with Crippen molar-refractivity contribution in [2.24, 2.45) is 17.3 Å². The molecule has 3 nitrogen and oxygen atoms in total. The van der Waals surface area contributed by atoms with E-state index in [4.69, 9.17) is 4.74 Å². The van der Waals surface area contributed by atoms with Crippen molar-refractivity contribution in [3.63, 3.8) is 0 Å². The molecule has 37 heavy (non-hydrogen) atoms. The van der Waals surface area contributed by atoms with Gasteiger partial charge >= 0.3 is 0 Å². The molecule has 1 N–H and O–H groups in total. The first kappa shape index (κ1) is 29.1. The normalized spacial score (nSPS) is 15.1. The molecule has 1 fully saturated rings. The smallest absolute Gasteiger partial charge is 0.119 e. The van der Waals surface area contributed by atoms with Crippen LogP contribution in [-0.4, -0.2) is 13.2 Å². The Morgan fingerprint density at radius 2 is 1.89 bits per heavy atom. The van der Waals surface area contributed by atoms with Gasteiger partial charge in [-0.25, -0.2) is 0 Å². The Morgan fingerprint density at radius 3 is 2.57 bits per heavy atom. The van der Waals surface area contributed by atoms with Gasteiger partial charge in [0.2, 0.25) is 0 Å². The second-order valence-corrected chi connectivity index (χ2v) is 12.3. The van der Waals surface area contributed by atoms with E-state index in [1.165, 1.54) is 61.8 Å². The first-order valence-electron chi connectivity index (χ1n) is 14.8. The van der Waals surface area contributed by atoms with Crippen molar-refractivity contribution in [1.82, 2.24) is 0 Å². The van der Waals surface area contributed by atoms with Gasteiger partial charge in [-0.2, -0.15) is 5.26 Å². The van der Waals surface area contributed by atoms with Gasteiger partial charge in [-0.1, -0.05) is 65.3 Å². The summed E-state index contributed by atoms with van der Waals surface area (Å²) in [6.07, 6.45) is 11.3. The van der Waals surface area contributed by atoms with Gasteiger partial charge in [0.05, 0.1) is 19.1 Å². The fraction of sp³-hybridized carbons (Fsp3) is 0.618. The van der Waals surface area contributed by atoms with Crippen LogP contribution in [0.4, 0.5) is 5.69 Å². The van der Waals surface area contributed by atoms with Crippen LogP contribution in [0, 0.1) is 28.6 Å². The molecule has 3 rings (SSSR count). The number of ether oxygens (including phenoxy) is 1. The van der Waals surface area contributed by atoms with E-state index < -0.39 is 0 Å². The van der Waals surface area contributed by atoms with Crippen molar-refractivity contribution in [2.75, 3.05) is 18.5 Å². The number of hydrogen-bond donors (Lipinski definition) is 1. The van der Waals surface area contributed by atoms with Gasteiger partial charge in [-0.15, -0.1) is 0 Å². The van der Waals surface area contributed by atoms with Crippen molar-refractivity contribution in [3.8, 4) is 11.8 Å². The molecule has 2 unspecified atom stereocenters. The lowest BCUT2D eigenvalue weighted by Gasteiger charge is -2.21. The topological polar surface area (TPSA) is 45.0 Å². The quantitative estimate of drug-likeness (QED) is 0.249. The molecule has 0 bridgehead atoms. The van der Waals surface area contributed by atoms with E-state index in [1.807, 2.05) is 0 Å². The molecule has 2 aromatic carbocycles. The van der Waals surface area contributed by atoms with E-state index in [1.54, 1.807) is 0 Å². The number of hydrogen-bond acceptors (Lipinski definition) is 3. The Morgan fingerprint density at radius 1 is 1.08 bits per heavy atom. The Balaban J connectivity index is 1.56. The molecular formula is C34H50N2O. The van der Waals surface area contributed by atoms with Crippen LogP contribution in [0.2, 0.25) is 0 Å². The van der Waals surface area contributed by atoms with E-state index in [0.717, 1.165) is 43.2 Å². The van der Waals surface area contributed by atoms with Gasteiger partial charge < -0.3 is 10.1 Å². The second-order valence-electron chi connectivity index (χ2n) is 12.3. The third kappa shape index (κ3) is 10.1. The fourth-order valence-corrected chi connectivity index (χ4v) is 5.54. The number of anilines is 1. The van der Waals surface area contributed by atoms with Gasteiger partial charge in [-0.3, -0.25) is 0 Å². The molecule has 1 aliphatic carbocycles. The largest absolute Gasteiger partial charge is 0.493 e. The minimum atomic E-state index is 0.358. The van der Waals surface area contributed by atoms with Crippen LogP contribution < -0.4 is 10.1 Å². The van der Waals surface area contributed by atoms with Gasteiger partial charge in [-0.05, 0) is 109 Å². The number of benzene rings is 2. The number of nitriles is 1. The third-order valence-corrected chi connectivity index (χ3v) is 7.80. The van der Waals surface area contributed by atoms with Crippen molar-refractivity contribution in [2.45, 2.75) is 105 Å². The van der Waals surface area contributed by atoms with E-state index >= 15 is 0 Å². The number of nitrogens with zero attached hydrogens (tertiary/aromatic N) is 1. The maximum Gasteiger partial charge on any atom is 0.119 e. The van der Waals surface area contributed by atoms with Crippen LogP contribution >= 0.6 is 0 Å². The lowest BCUT2D eigenvalue weighted by atomic mass is 9.88. The molecule has 202 valence electrons. The Bertz CT molecular complexity index is 996. The maximum absolute atomic E-state index is 9.18. The average Bonchev–Trinajstić information content (AvgIpc) is 3.69. The van der Waals surface area contributed by atoms with Crippen molar-refractivity contribution in [3.05, 3.63) is 59.2 Å². The van der Waals surface area contributed by atoms with E-state index in [2.05, 4.69) is 88.5 Å². The number of nitrogens with one attached hydrogen (secondary N) is 1. The lowest BCUT2D eigenvalue weighted by molar-refractivity contribution is 0.233. The first-order chi connectivity index (χ1) is 17.8. The average molecular weight is 503 g/mol. The van der Waals surface area contributed by atoms with Crippen LogP contribution in [0.1, 0.15) is 109 Å². The molecule has 0 aromatic heterocycles. The van der Waals surface area contributed by atoms with Crippen LogP contribution in [0.15, 0.2) is 42.5 Å². The van der Waals surface area contributed by atoms with Crippen molar-refractivity contribution < 1.29 is 4.74 Å². The zero-order chi connectivity index (χ0) is 26.7. The monoisotopic (exact) mass is 502 g/mol. The molecule has 2 aromatic rings. The molecule has 2 atom stereocenters. The molecule has 1 aliphatic rings. The summed E-state index contributed by atoms with van der Waals surface area (Å²) in [5.41, 5.74) is 5.47. The summed E-state index contributed by atoms with van der Waals surface area (Å²) >= 11 is 0. The molecule has 0 aliphatic heterocycles. The molecule has 0 heterocycles. The summed E-state index contributed by atoms with van der Waals surface area (Å²) in [6.45, 7) is 13.2. The highest BCUT2D eigenvalue weighted by Crippen LogP contribution is 2.44. The Kier molecular flexibility index (Phi) is 11.4. The van der Waals surface area contributed by atoms with Crippen molar-refractivity contribution >= 4 is 5.69 Å². The van der Waals surface area contributed by atoms with Gasteiger partial charge in [0.15, 0.2) is 0 Å². The Labute approximate surface area is 227 Å². The summed E-state index contributed by atoms with van der Waals surface area (Å²) in [5.74, 6) is 3.12. The second kappa shape index (κ2) is 14.5. The maximum atomic E-state index is 9.18. The summed E-state index contributed by atoms with van der Waals surface area (Å²) in [4.78, 5) is 0. The highest BCUT2D eigenvalue weighted by atomic mass is 16.5. The minimum Gasteiger partial charge on any atom is -0.493 e. The van der Waals surface area contributed by atoms with E-state index in [0.29, 0.717) is 23.7 Å². The predicted molar refractivity (Wildman–Crippen MR) is 157 cm³/mol. The summed E-state index contributed by atoms with van der Waals surface area (Å²) < 4.78 is 6.35. The van der Waals surface area contributed by atoms with Crippen molar-refractivity contribution in [1.29, 1.82) is 5.26 Å². The predicted octanol–water partition coefficient (Wildman–Crippen LogP) is 9.32. The molecule has 3 heteroatoms. The third-order valence-electron chi connectivity index (χ3n) is 7.80. The molecule has 0 spiro atoms. The molecule has 1 saturated carbocycles. The highest BCUT2D eigenvalue weighted by Gasteiger charge is 2.31. The van der Waals surface area contributed by atoms with E-state index in [9.17, 15) is 5.26 Å². The summed E-state index contributed by atoms with van der Waals surface area (Å²) in [5, 5.41) is 12.9. The molecule has 0 amide bonds. The summed E-state index contributed by atoms with van der Waals surface area (Å²) in [6, 6.07) is 17.7. The Hall–Kier alpha value is -2.47. The first-order valence-corrected chi connectivity index (χ1v) is 14.8. The molecular weight excluding hydrogens is 452 g/mol. The summed E-state index contributed by atoms with van der Waals surface area (Å²) in [7, 11) is 0. The van der Waals surface area contributed by atoms with Gasteiger partial charge in [0.1, 0.15) is 5.75 Å². The minimum absolute atomic E-state index is 0.358. The van der Waals surface area contributed by atoms with Crippen LogP contribution in [-0.2, 0) is 12.8 Å². The van der Waals surface area contributed by atoms with E-state index in [-0.39, 0.29) is 0 Å². The fourth-order valence-electron chi connectivity index (χ4n) is 5.54. The van der Waals surface area contributed by atoms with Gasteiger partial charge in [0.25, 0.3) is 0 Å². The van der Waals surface area contributed by atoms with Gasteiger partial charge in [0, 0.05) is 12.2 Å². The van der Waals surface area contributed by atoms with Crippen LogP contribution in [0.3, 0.4) is 0 Å². The SMILES string of the molecule is CCCC(CCNc1cc(CC#N)ccc1CCCC(C)(C)C)COc1cccc(C(CC)C2CC2)c1. The highest BCUT2D eigenvalue weighted by molar-refractivity contribution is 5.54. The van der Waals surface area contributed by atoms with Crippen LogP contribution in [0.5, 0.6) is 5.75 Å². The number of rotatable bonds is 16. The molecule has 0 saturated heterocycles. The zero-order valence-corrected chi connectivity index (χ0v) is 24.1. The van der Waals surface area contributed by atoms with Crippen LogP contribution in [0.25, 0.3) is 0 Å². The molecule has 0 radical (unpaired) electrons. The number of aryl methyl sites for hydroxylation is 1.